The zero-order chi connectivity index (χ0) is 27.4. The number of anilines is 2. The lowest BCUT2D eigenvalue weighted by molar-refractivity contribution is -0.173. The van der Waals surface area contributed by atoms with Crippen molar-refractivity contribution < 1.29 is 18.0 Å². The molecule has 4 aromatic rings. The van der Waals surface area contributed by atoms with E-state index in [1.807, 2.05) is 0 Å². The Morgan fingerprint density at radius 1 is 1.16 bits per heavy atom. The van der Waals surface area contributed by atoms with Crippen LogP contribution in [0.3, 0.4) is 0 Å². The molecule has 38 heavy (non-hydrogen) atoms. The van der Waals surface area contributed by atoms with E-state index in [2.05, 4.69) is 31.7 Å². The molecule has 0 aliphatic carbocycles. The Morgan fingerprint density at radius 2 is 1.82 bits per heavy atom. The number of alkyl halides is 3. The number of rotatable bonds is 4. The summed E-state index contributed by atoms with van der Waals surface area (Å²) in [5.74, 6) is -1.02. The van der Waals surface area contributed by atoms with Crippen LogP contribution in [-0.2, 0) is 7.05 Å². The first-order valence-corrected chi connectivity index (χ1v) is 12.7. The molecular weight excluding hydrogens is 589 g/mol. The third-order valence-electron chi connectivity index (χ3n) is 6.58. The van der Waals surface area contributed by atoms with E-state index in [4.69, 9.17) is 11.6 Å². The number of carbonyl (C=O) groups is 1. The number of aromatic nitrogens is 4. The summed E-state index contributed by atoms with van der Waals surface area (Å²) >= 11 is 9.76. The fourth-order valence-electron chi connectivity index (χ4n) is 4.53. The Labute approximate surface area is 228 Å². The highest BCUT2D eigenvalue weighted by atomic mass is 79.9. The van der Waals surface area contributed by atoms with Crippen molar-refractivity contribution in [2.75, 3.05) is 10.6 Å². The maximum Gasteiger partial charge on any atom is 0.410 e. The summed E-state index contributed by atoms with van der Waals surface area (Å²) in [6, 6.07) is 13.0. The van der Waals surface area contributed by atoms with Crippen LogP contribution in [0.2, 0.25) is 5.02 Å². The molecule has 5 rings (SSSR count). The molecule has 0 bridgehead atoms. The first kappa shape index (κ1) is 26.1. The minimum atomic E-state index is -4.65. The third kappa shape index (κ3) is 4.51. The van der Waals surface area contributed by atoms with Gasteiger partial charge in [0.05, 0.1) is 17.4 Å². The average molecular weight is 610 g/mol. The molecule has 3 heterocycles. The first-order valence-electron chi connectivity index (χ1n) is 11.5. The number of para-hydroxylation sites is 1. The van der Waals surface area contributed by atoms with Crippen LogP contribution in [0, 0.1) is 6.92 Å². The molecule has 2 aromatic carbocycles. The number of benzene rings is 2. The summed E-state index contributed by atoms with van der Waals surface area (Å²) in [4.78, 5) is 26.4. The minimum Gasteiger partial charge on any atom is -0.362 e. The van der Waals surface area contributed by atoms with Gasteiger partial charge in [0, 0.05) is 17.9 Å². The van der Waals surface area contributed by atoms with Crippen LogP contribution in [0.1, 0.15) is 40.3 Å². The highest BCUT2D eigenvalue weighted by Crippen LogP contribution is 2.46. The maximum absolute atomic E-state index is 14.1. The van der Waals surface area contributed by atoms with Crippen molar-refractivity contribution >= 4 is 44.9 Å². The van der Waals surface area contributed by atoms with Crippen molar-refractivity contribution in [2.45, 2.75) is 31.6 Å². The van der Waals surface area contributed by atoms with Gasteiger partial charge in [-0.3, -0.25) is 14.3 Å². The Hall–Kier alpha value is -3.51. The molecule has 0 unspecified atom stereocenters. The Balaban J connectivity index is 1.51. The molecule has 1 amide bonds. The minimum absolute atomic E-state index is 0.0311. The van der Waals surface area contributed by atoms with Crippen molar-refractivity contribution in [3.8, 4) is 5.69 Å². The molecule has 1 aliphatic heterocycles. The standard InChI is InChI=1S/C25H21BrClF3N6O2/c1-13-20(24(38)36(34(13)2)16-6-4-3-5-7-16)32-23(37)21-19(27)22-31-17(14-8-10-15(26)11-9-14)12-18(25(28,29)30)35(22)33-21/h3-11,17-18,31H,12H2,1-2H3,(H,32,37)/t17-,18-/m0/s1. The molecule has 1 aliphatic rings. The van der Waals surface area contributed by atoms with Crippen LogP contribution in [0.25, 0.3) is 5.69 Å². The van der Waals surface area contributed by atoms with Gasteiger partial charge < -0.3 is 10.6 Å². The van der Waals surface area contributed by atoms with Crippen LogP contribution in [0.4, 0.5) is 24.7 Å². The van der Waals surface area contributed by atoms with Crippen molar-refractivity contribution in [1.29, 1.82) is 0 Å². The molecule has 2 atom stereocenters. The van der Waals surface area contributed by atoms with Crippen LogP contribution >= 0.6 is 27.5 Å². The summed E-state index contributed by atoms with van der Waals surface area (Å²) in [7, 11) is 1.65. The second-order valence-electron chi connectivity index (χ2n) is 8.89. The molecule has 0 saturated carbocycles. The molecule has 2 aromatic heterocycles. The summed E-state index contributed by atoms with van der Waals surface area (Å²) in [6.07, 6.45) is -5.00. The smallest absolute Gasteiger partial charge is 0.362 e. The number of nitrogens with zero attached hydrogens (tertiary/aromatic N) is 4. The predicted octanol–water partition coefficient (Wildman–Crippen LogP) is 6.01. The molecule has 8 nitrogen and oxygen atoms in total. The summed E-state index contributed by atoms with van der Waals surface area (Å²) < 4.78 is 46.7. The monoisotopic (exact) mass is 608 g/mol. The fraction of sp³-hybridized carbons (Fsp3) is 0.240. The van der Waals surface area contributed by atoms with Gasteiger partial charge in [-0.25, -0.2) is 9.36 Å². The average Bonchev–Trinajstić information content (AvgIpc) is 3.32. The number of hydrogen-bond acceptors (Lipinski definition) is 4. The van der Waals surface area contributed by atoms with E-state index in [0.29, 0.717) is 21.6 Å². The van der Waals surface area contributed by atoms with Gasteiger partial charge in [0.15, 0.2) is 11.7 Å². The topological polar surface area (TPSA) is 85.9 Å². The normalized spacial score (nSPS) is 17.1. The number of halogens is 5. The highest BCUT2D eigenvalue weighted by molar-refractivity contribution is 9.10. The number of hydrogen-bond donors (Lipinski definition) is 2. The van der Waals surface area contributed by atoms with E-state index < -0.39 is 35.4 Å². The van der Waals surface area contributed by atoms with Gasteiger partial charge in [0.1, 0.15) is 16.5 Å². The van der Waals surface area contributed by atoms with Crippen LogP contribution in [-0.4, -0.2) is 31.2 Å². The van der Waals surface area contributed by atoms with Crippen molar-refractivity contribution in [3.63, 3.8) is 0 Å². The molecule has 0 fully saturated rings. The number of fused-ring (bicyclic) bond motifs is 1. The van der Waals surface area contributed by atoms with Crippen molar-refractivity contribution in [3.05, 3.63) is 91.4 Å². The number of carbonyl (C=O) groups excluding carboxylic acids is 1. The van der Waals surface area contributed by atoms with Crippen LogP contribution in [0.5, 0.6) is 0 Å². The third-order valence-corrected chi connectivity index (χ3v) is 7.46. The highest BCUT2D eigenvalue weighted by Gasteiger charge is 2.48. The Bertz CT molecular complexity index is 1580. The van der Waals surface area contributed by atoms with Crippen LogP contribution < -0.4 is 16.2 Å². The lowest BCUT2D eigenvalue weighted by Crippen LogP contribution is -2.35. The molecule has 0 saturated heterocycles. The Morgan fingerprint density at radius 3 is 2.45 bits per heavy atom. The molecule has 13 heteroatoms. The zero-order valence-corrected chi connectivity index (χ0v) is 22.4. The second-order valence-corrected chi connectivity index (χ2v) is 10.2. The van der Waals surface area contributed by atoms with Gasteiger partial charge in [-0.15, -0.1) is 0 Å². The Kier molecular flexibility index (Phi) is 6.64. The van der Waals surface area contributed by atoms with Gasteiger partial charge in [-0.1, -0.05) is 57.9 Å². The first-order chi connectivity index (χ1) is 18.0. The van der Waals surface area contributed by atoms with Gasteiger partial charge in [-0.2, -0.15) is 18.3 Å². The zero-order valence-electron chi connectivity index (χ0n) is 20.1. The van der Waals surface area contributed by atoms with E-state index in [-0.39, 0.29) is 22.9 Å². The van der Waals surface area contributed by atoms with Gasteiger partial charge in [0.2, 0.25) is 0 Å². The number of amides is 1. The second kappa shape index (κ2) is 9.66. The number of nitrogens with one attached hydrogen (secondary N) is 2. The van der Waals surface area contributed by atoms with Gasteiger partial charge in [0.25, 0.3) is 11.5 Å². The summed E-state index contributed by atoms with van der Waals surface area (Å²) in [5.41, 5.74) is 0.680. The van der Waals surface area contributed by atoms with E-state index in [0.717, 1.165) is 4.47 Å². The molecule has 0 spiro atoms. The van der Waals surface area contributed by atoms with E-state index in [1.165, 1.54) is 4.68 Å². The maximum atomic E-state index is 14.1. The lowest BCUT2D eigenvalue weighted by atomic mass is 9.97. The lowest BCUT2D eigenvalue weighted by Gasteiger charge is -2.33. The van der Waals surface area contributed by atoms with Crippen molar-refractivity contribution in [2.24, 2.45) is 7.05 Å². The van der Waals surface area contributed by atoms with Crippen molar-refractivity contribution in [1.82, 2.24) is 19.1 Å². The molecule has 198 valence electrons. The quantitative estimate of drug-likeness (QED) is 0.297. The fourth-order valence-corrected chi connectivity index (χ4v) is 5.06. The predicted molar refractivity (Wildman–Crippen MR) is 141 cm³/mol. The summed E-state index contributed by atoms with van der Waals surface area (Å²) in [5, 5.41) is 9.20. The van der Waals surface area contributed by atoms with E-state index >= 15 is 0 Å². The molecule has 2 N–H and O–H groups in total. The largest absolute Gasteiger partial charge is 0.410 e. The molecule has 0 radical (unpaired) electrons. The van der Waals surface area contributed by atoms with Crippen LogP contribution in [0.15, 0.2) is 63.9 Å². The van der Waals surface area contributed by atoms with Gasteiger partial charge in [-0.05, 0) is 36.8 Å². The van der Waals surface area contributed by atoms with E-state index in [1.54, 1.807) is 73.3 Å². The van der Waals surface area contributed by atoms with E-state index in [9.17, 15) is 22.8 Å². The SMILES string of the molecule is Cc1c(NC(=O)c2nn3c(c2Cl)N[C@H](c2ccc(Br)cc2)C[C@H]3C(F)(F)F)c(=O)n(-c2ccccc2)n1C. The molecular formula is C25H21BrClF3N6O2. The van der Waals surface area contributed by atoms with Gasteiger partial charge >= 0.3 is 6.18 Å². The summed E-state index contributed by atoms with van der Waals surface area (Å²) in [6.45, 7) is 1.64.